The Labute approximate surface area is 189 Å². The van der Waals surface area contributed by atoms with E-state index in [0.717, 1.165) is 41.2 Å². The lowest BCUT2D eigenvalue weighted by atomic mass is 9.66. The molecule has 1 aromatic carbocycles. The lowest BCUT2D eigenvalue weighted by Crippen LogP contribution is -2.38. The van der Waals surface area contributed by atoms with Crippen LogP contribution < -0.4 is 0 Å². The van der Waals surface area contributed by atoms with Crippen molar-refractivity contribution >= 4 is 11.4 Å². The maximum Gasteiger partial charge on any atom is 0.176 e. The van der Waals surface area contributed by atoms with E-state index in [2.05, 4.69) is 39.2 Å². The maximum absolute atomic E-state index is 14.4. The first kappa shape index (κ1) is 20.2. The van der Waals surface area contributed by atoms with Crippen LogP contribution in [0.25, 0.3) is 11.3 Å². The molecule has 1 saturated carbocycles. The lowest BCUT2D eigenvalue weighted by Gasteiger charge is -2.37. The Balaban J connectivity index is 1.50. The van der Waals surface area contributed by atoms with E-state index in [9.17, 15) is 8.78 Å². The van der Waals surface area contributed by atoms with Gasteiger partial charge in [0.2, 0.25) is 0 Å². The summed E-state index contributed by atoms with van der Waals surface area (Å²) >= 11 is 0. The van der Waals surface area contributed by atoms with Crippen molar-refractivity contribution in [2.24, 2.45) is 15.6 Å². The van der Waals surface area contributed by atoms with Crippen LogP contribution in [-0.2, 0) is 5.41 Å². The summed E-state index contributed by atoms with van der Waals surface area (Å²) in [5.74, 6) is -0.522. The van der Waals surface area contributed by atoms with Crippen LogP contribution in [-0.4, -0.2) is 31.6 Å². The molecule has 2 bridgehead atoms. The Hall–Kier alpha value is -3.42. The highest BCUT2D eigenvalue weighted by molar-refractivity contribution is 6.12. The summed E-state index contributed by atoms with van der Waals surface area (Å²) in [5.41, 5.74) is 3.83. The number of hydrogen-bond donors (Lipinski definition) is 0. The van der Waals surface area contributed by atoms with E-state index in [0.29, 0.717) is 12.2 Å². The van der Waals surface area contributed by atoms with Crippen molar-refractivity contribution < 1.29 is 8.78 Å². The molecule has 1 fully saturated rings. The van der Waals surface area contributed by atoms with Gasteiger partial charge in [0.05, 0.1) is 28.1 Å². The predicted octanol–water partition coefficient (Wildman–Crippen LogP) is 4.98. The molecule has 2 aromatic heterocycles. The molecule has 0 amide bonds. The normalized spacial score (nSPS) is 24.6. The first-order valence-corrected chi connectivity index (χ1v) is 11.1. The van der Waals surface area contributed by atoms with Gasteiger partial charge < -0.3 is 0 Å². The van der Waals surface area contributed by atoms with E-state index < -0.39 is 17.0 Å². The minimum atomic E-state index is -0.642. The van der Waals surface area contributed by atoms with Crippen molar-refractivity contribution in [3.63, 3.8) is 0 Å². The molecule has 33 heavy (non-hydrogen) atoms. The van der Waals surface area contributed by atoms with Crippen LogP contribution in [0, 0.1) is 17.0 Å². The Bertz CT molecular complexity index is 1360. The molecule has 0 unspecified atom stereocenters. The molecule has 166 valence electrons. The summed E-state index contributed by atoms with van der Waals surface area (Å²) in [6, 6.07) is 7.59. The second-order valence-corrected chi connectivity index (χ2v) is 9.67. The molecule has 3 aliphatic rings. The zero-order valence-electron chi connectivity index (χ0n) is 18.6. The van der Waals surface area contributed by atoms with Crippen molar-refractivity contribution in [3.8, 4) is 11.3 Å². The van der Waals surface area contributed by atoms with Crippen molar-refractivity contribution in [1.29, 1.82) is 0 Å². The van der Waals surface area contributed by atoms with Crippen molar-refractivity contribution in [2.45, 2.75) is 51.4 Å². The molecular weight excluding hydrogens is 422 g/mol. The number of benzene rings is 1. The van der Waals surface area contributed by atoms with E-state index in [-0.39, 0.29) is 22.6 Å². The number of nitrogens with zero attached hydrogens (tertiary/aromatic N) is 6. The van der Waals surface area contributed by atoms with Gasteiger partial charge >= 0.3 is 0 Å². The smallest absolute Gasteiger partial charge is 0.176 e. The number of hydrogen-bond acceptors (Lipinski definition) is 6. The fraction of sp³-hybridized carbons (Fsp3) is 0.360. The molecule has 6 rings (SSSR count). The van der Waals surface area contributed by atoms with Crippen LogP contribution >= 0.6 is 0 Å². The van der Waals surface area contributed by atoms with Gasteiger partial charge in [0.1, 0.15) is 17.3 Å². The van der Waals surface area contributed by atoms with Gasteiger partial charge in [-0.2, -0.15) is 15.3 Å². The van der Waals surface area contributed by atoms with Gasteiger partial charge in [-0.15, -0.1) is 5.10 Å². The van der Waals surface area contributed by atoms with Gasteiger partial charge in [-0.05, 0) is 60.9 Å². The van der Waals surface area contributed by atoms with Gasteiger partial charge in [0.15, 0.2) is 5.82 Å². The third-order valence-electron chi connectivity index (χ3n) is 7.72. The average molecular weight is 444 g/mol. The van der Waals surface area contributed by atoms with E-state index in [1.807, 2.05) is 19.1 Å². The molecular formula is C25H22F2N6. The Morgan fingerprint density at radius 3 is 2.55 bits per heavy atom. The van der Waals surface area contributed by atoms with Gasteiger partial charge in [-0.25, -0.2) is 18.7 Å². The molecule has 1 aliphatic heterocycles. The fourth-order valence-corrected chi connectivity index (χ4v) is 6.07. The van der Waals surface area contributed by atoms with Crippen LogP contribution in [0.3, 0.4) is 0 Å². The van der Waals surface area contributed by atoms with Gasteiger partial charge in [0.25, 0.3) is 0 Å². The van der Waals surface area contributed by atoms with Crippen LogP contribution in [0.2, 0.25) is 0 Å². The molecule has 8 heteroatoms. The van der Waals surface area contributed by atoms with E-state index >= 15 is 0 Å². The third kappa shape index (κ3) is 2.63. The number of aromatic nitrogens is 4. The third-order valence-corrected chi connectivity index (χ3v) is 7.72. The molecule has 6 nitrogen and oxygen atoms in total. The molecule has 2 atom stereocenters. The summed E-state index contributed by atoms with van der Waals surface area (Å²) in [6.07, 6.45) is 4.21. The lowest BCUT2D eigenvalue weighted by molar-refractivity contribution is 0.242. The van der Waals surface area contributed by atoms with E-state index in [4.69, 9.17) is 4.98 Å². The van der Waals surface area contributed by atoms with Crippen LogP contribution in [0.5, 0.6) is 0 Å². The largest absolute Gasteiger partial charge is 0.235 e. The molecule has 0 spiro atoms. The monoisotopic (exact) mass is 444 g/mol. The summed E-state index contributed by atoms with van der Waals surface area (Å²) in [5, 5.41) is 17.2. The van der Waals surface area contributed by atoms with Crippen molar-refractivity contribution in [1.82, 2.24) is 20.2 Å². The molecule has 2 aliphatic carbocycles. The first-order chi connectivity index (χ1) is 15.8. The van der Waals surface area contributed by atoms with Gasteiger partial charge in [-0.1, -0.05) is 19.9 Å². The Kier molecular flexibility index (Phi) is 4.16. The second-order valence-electron chi connectivity index (χ2n) is 9.67. The van der Waals surface area contributed by atoms with Crippen LogP contribution in [0.15, 0.2) is 46.7 Å². The highest BCUT2D eigenvalue weighted by Gasteiger charge is 2.65. The molecule has 0 saturated heterocycles. The molecule has 3 aromatic rings. The number of rotatable bonds is 3. The average Bonchev–Trinajstić information content (AvgIpc) is 3.40. The zero-order chi connectivity index (χ0) is 23.0. The van der Waals surface area contributed by atoms with Crippen LogP contribution in [0.4, 0.5) is 8.78 Å². The summed E-state index contributed by atoms with van der Waals surface area (Å²) in [7, 11) is 0. The quantitative estimate of drug-likeness (QED) is 0.571. The molecule has 3 heterocycles. The second kappa shape index (κ2) is 6.79. The molecule has 0 radical (unpaired) electrons. The summed E-state index contributed by atoms with van der Waals surface area (Å²) in [6.45, 7) is 6.37. The minimum Gasteiger partial charge on any atom is -0.235 e. The summed E-state index contributed by atoms with van der Waals surface area (Å²) < 4.78 is 28.9. The minimum absolute atomic E-state index is 0.138. The highest BCUT2D eigenvalue weighted by atomic mass is 19.1. The van der Waals surface area contributed by atoms with E-state index in [1.165, 1.54) is 18.2 Å². The zero-order valence-corrected chi connectivity index (χ0v) is 18.6. The predicted molar refractivity (Wildman–Crippen MR) is 120 cm³/mol. The summed E-state index contributed by atoms with van der Waals surface area (Å²) in [4.78, 5) is 9.39. The number of fused-ring (bicyclic) bond motifs is 5. The van der Waals surface area contributed by atoms with Gasteiger partial charge in [-0.3, -0.25) is 0 Å². The van der Waals surface area contributed by atoms with Crippen molar-refractivity contribution in [2.75, 3.05) is 0 Å². The SMILES string of the molecule is CC1=NN=C(c2nccc([C@@]34CC[C@@H](c5cc(-c6c(F)cccc6F)nnc53)C4(C)C)n2)C1. The highest BCUT2D eigenvalue weighted by Crippen LogP contribution is 2.69. The Morgan fingerprint density at radius 1 is 1.03 bits per heavy atom. The first-order valence-electron chi connectivity index (χ1n) is 11.1. The van der Waals surface area contributed by atoms with Crippen LogP contribution in [0.1, 0.15) is 68.7 Å². The number of halogens is 2. The van der Waals surface area contributed by atoms with Gasteiger partial charge in [0, 0.05) is 18.3 Å². The Morgan fingerprint density at radius 2 is 1.82 bits per heavy atom. The topological polar surface area (TPSA) is 76.3 Å². The van der Waals surface area contributed by atoms with Crippen molar-refractivity contribution in [3.05, 3.63) is 70.9 Å². The maximum atomic E-state index is 14.4. The molecule has 0 N–H and O–H groups in total. The van der Waals surface area contributed by atoms with E-state index in [1.54, 1.807) is 6.20 Å². The fourth-order valence-electron chi connectivity index (χ4n) is 6.07. The standard InChI is InChI=1S/C25H22F2N6/c1-13-11-19(32-30-13)23-28-10-8-20(29-23)25-9-7-15(24(25,2)3)14-12-18(31-33-22(14)25)21-16(26)5-4-6-17(21)27/h4-6,8,10,12,15H,7,9,11H2,1-3H3/t15-,25-/m0/s1.